The van der Waals surface area contributed by atoms with Crippen molar-refractivity contribution < 1.29 is 9.53 Å². The molecule has 0 bridgehead atoms. The lowest BCUT2D eigenvalue weighted by Gasteiger charge is -2.32. The van der Waals surface area contributed by atoms with Gasteiger partial charge >= 0.3 is 5.97 Å². The van der Waals surface area contributed by atoms with E-state index in [1.54, 1.807) is 11.8 Å². The lowest BCUT2D eigenvalue weighted by atomic mass is 9.74. The number of carbonyl (C=O) groups is 1. The van der Waals surface area contributed by atoms with Crippen molar-refractivity contribution in [3.8, 4) is 0 Å². The monoisotopic (exact) mass is 373 g/mol. The van der Waals surface area contributed by atoms with Gasteiger partial charge in [-0.3, -0.25) is 10.2 Å². The number of hydrogen-bond donors (Lipinski definition) is 3. The lowest BCUT2D eigenvalue weighted by Crippen LogP contribution is -2.27. The predicted molar refractivity (Wildman–Crippen MR) is 107 cm³/mol. The average molecular weight is 374 g/mol. The van der Waals surface area contributed by atoms with Crippen LogP contribution in [-0.2, 0) is 9.53 Å². The maximum Gasteiger partial charge on any atom is 0.305 e. The molecule has 0 spiro atoms. The van der Waals surface area contributed by atoms with E-state index in [1.165, 1.54) is 7.11 Å². The molecule has 2 aliphatic rings. The standard InChI is InChI=1S/C20H27N3O2S/c1-25-17(24)10-12-2-4-13(5-3-12)16-11-26-20(19(16)23)18(22)14-6-8-15(21)9-7-14/h6-9,12-13,16,22H,2-5,10-11,21,23H2,1H3. The minimum Gasteiger partial charge on any atom is -0.469 e. The molecule has 1 aromatic carbocycles. The van der Waals surface area contributed by atoms with Gasteiger partial charge in [0.25, 0.3) is 0 Å². The van der Waals surface area contributed by atoms with E-state index >= 15 is 0 Å². The van der Waals surface area contributed by atoms with E-state index < -0.39 is 0 Å². The summed E-state index contributed by atoms with van der Waals surface area (Å²) in [5.41, 5.74) is 15.1. The van der Waals surface area contributed by atoms with Gasteiger partial charge in [0.15, 0.2) is 0 Å². The van der Waals surface area contributed by atoms with Crippen molar-refractivity contribution in [3.63, 3.8) is 0 Å². The zero-order valence-corrected chi connectivity index (χ0v) is 16.0. The number of nitrogens with two attached hydrogens (primary N) is 2. The molecule has 1 saturated carbocycles. The van der Waals surface area contributed by atoms with Crippen LogP contribution in [0.4, 0.5) is 5.69 Å². The SMILES string of the molecule is COC(=O)CC1CCC(C2CSC(C(=N)c3ccc(N)cc3)=C2N)CC1. The number of thioether (sulfide) groups is 1. The van der Waals surface area contributed by atoms with Crippen molar-refractivity contribution in [2.75, 3.05) is 18.6 Å². The second-order valence-electron chi connectivity index (χ2n) is 7.26. The lowest BCUT2D eigenvalue weighted by molar-refractivity contribution is -0.142. The third-order valence-electron chi connectivity index (χ3n) is 5.64. The Hall–Kier alpha value is -1.95. The van der Waals surface area contributed by atoms with Gasteiger partial charge < -0.3 is 16.2 Å². The molecular formula is C20H27N3O2S. The van der Waals surface area contributed by atoms with Crippen LogP contribution in [0.5, 0.6) is 0 Å². The minimum absolute atomic E-state index is 0.108. The van der Waals surface area contributed by atoms with Gasteiger partial charge in [0.1, 0.15) is 0 Å². The summed E-state index contributed by atoms with van der Waals surface area (Å²) in [5.74, 6) is 2.16. The van der Waals surface area contributed by atoms with Crippen LogP contribution in [0.15, 0.2) is 34.9 Å². The highest BCUT2D eigenvalue weighted by Crippen LogP contribution is 2.44. The molecule has 140 valence electrons. The molecule has 1 unspecified atom stereocenters. The Morgan fingerprint density at radius 3 is 2.46 bits per heavy atom. The van der Waals surface area contributed by atoms with E-state index in [1.807, 2.05) is 24.3 Å². The van der Waals surface area contributed by atoms with Gasteiger partial charge in [0.2, 0.25) is 0 Å². The van der Waals surface area contributed by atoms with Gasteiger partial charge in [0.05, 0.1) is 17.7 Å². The summed E-state index contributed by atoms with van der Waals surface area (Å²) in [6.45, 7) is 0. The van der Waals surface area contributed by atoms with Crippen LogP contribution in [0.1, 0.15) is 37.7 Å². The summed E-state index contributed by atoms with van der Waals surface area (Å²) < 4.78 is 4.79. The topological polar surface area (TPSA) is 102 Å². The molecule has 0 saturated heterocycles. The highest BCUT2D eigenvalue weighted by atomic mass is 32.2. The number of rotatable bonds is 5. The molecule has 1 aliphatic heterocycles. The highest BCUT2D eigenvalue weighted by molar-refractivity contribution is 8.04. The second kappa shape index (κ2) is 8.16. The molecule has 1 heterocycles. The number of anilines is 1. The summed E-state index contributed by atoms with van der Waals surface area (Å²) in [6.07, 6.45) is 4.82. The van der Waals surface area contributed by atoms with E-state index in [9.17, 15) is 4.79 Å². The molecule has 1 aromatic rings. The Balaban J connectivity index is 1.63. The zero-order chi connectivity index (χ0) is 18.7. The first-order chi connectivity index (χ1) is 12.5. The Morgan fingerprint density at radius 1 is 1.19 bits per heavy atom. The molecule has 3 rings (SSSR count). The van der Waals surface area contributed by atoms with Crippen LogP contribution < -0.4 is 11.5 Å². The highest BCUT2D eigenvalue weighted by Gasteiger charge is 2.35. The zero-order valence-electron chi connectivity index (χ0n) is 15.2. The molecule has 5 nitrogen and oxygen atoms in total. The van der Waals surface area contributed by atoms with Crippen LogP contribution in [0.3, 0.4) is 0 Å². The second-order valence-corrected chi connectivity index (χ2v) is 8.29. The van der Waals surface area contributed by atoms with Crippen molar-refractivity contribution >= 4 is 29.1 Å². The fourth-order valence-corrected chi connectivity index (χ4v) is 5.39. The molecule has 1 atom stereocenters. The van der Waals surface area contributed by atoms with Crippen molar-refractivity contribution in [1.29, 1.82) is 5.41 Å². The van der Waals surface area contributed by atoms with Gasteiger partial charge in [-0.05, 0) is 49.7 Å². The van der Waals surface area contributed by atoms with Gasteiger partial charge in [-0.15, -0.1) is 11.8 Å². The van der Waals surface area contributed by atoms with Gasteiger partial charge in [-0.2, -0.15) is 0 Å². The maximum absolute atomic E-state index is 11.5. The predicted octanol–water partition coefficient (Wildman–Crippen LogP) is 3.54. The summed E-state index contributed by atoms with van der Waals surface area (Å²) in [4.78, 5) is 12.4. The summed E-state index contributed by atoms with van der Waals surface area (Å²) in [7, 11) is 1.45. The fraction of sp³-hybridized carbons (Fsp3) is 0.500. The Labute approximate surface area is 159 Å². The number of nitrogens with one attached hydrogen (secondary N) is 1. The molecule has 1 fully saturated rings. The first-order valence-electron chi connectivity index (χ1n) is 9.13. The van der Waals surface area contributed by atoms with E-state index in [0.717, 1.165) is 47.6 Å². The molecule has 26 heavy (non-hydrogen) atoms. The molecule has 6 heteroatoms. The number of esters is 1. The molecule has 0 radical (unpaired) electrons. The van der Waals surface area contributed by atoms with Crippen molar-refractivity contribution in [2.24, 2.45) is 23.5 Å². The van der Waals surface area contributed by atoms with E-state index in [4.69, 9.17) is 21.6 Å². The number of hydrogen-bond acceptors (Lipinski definition) is 6. The van der Waals surface area contributed by atoms with Crippen LogP contribution in [0.2, 0.25) is 0 Å². The Kier molecular flexibility index (Phi) is 5.91. The van der Waals surface area contributed by atoms with Crippen LogP contribution in [-0.4, -0.2) is 24.5 Å². The smallest absolute Gasteiger partial charge is 0.305 e. The van der Waals surface area contributed by atoms with Crippen LogP contribution >= 0.6 is 11.8 Å². The average Bonchev–Trinajstić information content (AvgIpc) is 3.03. The van der Waals surface area contributed by atoms with Crippen molar-refractivity contribution in [1.82, 2.24) is 0 Å². The van der Waals surface area contributed by atoms with E-state index in [0.29, 0.717) is 35.6 Å². The summed E-state index contributed by atoms with van der Waals surface area (Å²) >= 11 is 1.70. The van der Waals surface area contributed by atoms with E-state index in [-0.39, 0.29) is 5.97 Å². The number of allylic oxidation sites excluding steroid dienone is 2. The van der Waals surface area contributed by atoms with Gasteiger partial charge in [-0.1, -0.05) is 12.1 Å². The largest absolute Gasteiger partial charge is 0.469 e. The number of ether oxygens (including phenoxy) is 1. The molecule has 0 amide bonds. The fourth-order valence-electron chi connectivity index (χ4n) is 4.02. The molecular weight excluding hydrogens is 346 g/mol. The first-order valence-corrected chi connectivity index (χ1v) is 10.1. The van der Waals surface area contributed by atoms with Crippen molar-refractivity contribution in [3.05, 3.63) is 40.4 Å². The number of benzene rings is 1. The minimum atomic E-state index is -0.108. The Bertz CT molecular complexity index is 706. The number of methoxy groups -OCH3 is 1. The van der Waals surface area contributed by atoms with Gasteiger partial charge in [-0.25, -0.2) is 0 Å². The molecule has 5 N–H and O–H groups in total. The number of carbonyl (C=O) groups excluding carboxylic acids is 1. The normalized spacial score (nSPS) is 26.0. The quantitative estimate of drug-likeness (QED) is 0.416. The van der Waals surface area contributed by atoms with Crippen molar-refractivity contribution in [2.45, 2.75) is 32.1 Å². The molecule has 0 aromatic heterocycles. The van der Waals surface area contributed by atoms with E-state index in [2.05, 4.69) is 0 Å². The summed E-state index contributed by atoms with van der Waals surface area (Å²) in [6, 6.07) is 7.40. The van der Waals surface area contributed by atoms with Gasteiger partial charge in [0, 0.05) is 35.0 Å². The first kappa shape index (κ1) is 18.8. The van der Waals surface area contributed by atoms with Crippen LogP contribution in [0.25, 0.3) is 0 Å². The summed E-state index contributed by atoms with van der Waals surface area (Å²) in [5, 5.41) is 8.51. The van der Waals surface area contributed by atoms with Crippen LogP contribution in [0, 0.1) is 23.2 Å². The third-order valence-corrected chi connectivity index (χ3v) is 6.89. The Morgan fingerprint density at radius 2 is 1.85 bits per heavy atom. The molecule has 1 aliphatic carbocycles. The maximum atomic E-state index is 11.5. The third kappa shape index (κ3) is 4.06. The number of nitrogen functional groups attached to an aromatic ring is 1.